The fraction of sp³-hybridized carbons (Fsp3) is 0.733. The molecule has 0 aliphatic heterocycles. The predicted molar refractivity (Wildman–Crippen MR) is 90.5 cm³/mol. The average molecular weight is 333 g/mol. The van der Waals surface area contributed by atoms with Crippen LogP contribution in [0.5, 0.6) is 0 Å². The summed E-state index contributed by atoms with van der Waals surface area (Å²) in [7, 11) is -1.45. The van der Waals surface area contributed by atoms with Crippen LogP contribution in [0.3, 0.4) is 0 Å². The molecule has 0 aliphatic rings. The monoisotopic (exact) mass is 332 g/mol. The smallest absolute Gasteiger partial charge is 0.252 e. The van der Waals surface area contributed by atoms with Crippen molar-refractivity contribution < 1.29 is 8.42 Å². The summed E-state index contributed by atoms with van der Waals surface area (Å²) in [5, 5.41) is 3.09. The van der Waals surface area contributed by atoms with Gasteiger partial charge in [0.2, 0.25) is 0 Å². The van der Waals surface area contributed by atoms with E-state index >= 15 is 0 Å². The molecule has 0 unspecified atom stereocenters. The Labute approximate surface area is 133 Å². The van der Waals surface area contributed by atoms with E-state index < -0.39 is 10.0 Å². The number of rotatable bonds is 10. The van der Waals surface area contributed by atoms with Gasteiger partial charge >= 0.3 is 0 Å². The van der Waals surface area contributed by atoms with Gasteiger partial charge in [-0.05, 0) is 52.4 Å². The summed E-state index contributed by atoms with van der Waals surface area (Å²) in [5.74, 6) is 0. The SMILES string of the molecule is CCCCCN(C(C)C)S(=O)(=O)c1ccc(CCNC)s1. The van der Waals surface area contributed by atoms with E-state index in [2.05, 4.69) is 12.2 Å². The lowest BCUT2D eigenvalue weighted by Crippen LogP contribution is -2.37. The Hall–Kier alpha value is -0.430. The Morgan fingerprint density at radius 2 is 2.00 bits per heavy atom. The Balaban J connectivity index is 2.86. The number of hydrogen-bond donors (Lipinski definition) is 1. The maximum atomic E-state index is 12.8. The van der Waals surface area contributed by atoms with Crippen molar-refractivity contribution in [3.05, 3.63) is 17.0 Å². The second kappa shape index (κ2) is 8.88. The Kier molecular flexibility index (Phi) is 7.87. The van der Waals surface area contributed by atoms with Gasteiger partial charge in [-0.1, -0.05) is 19.8 Å². The molecule has 1 rings (SSSR count). The molecule has 0 atom stereocenters. The van der Waals surface area contributed by atoms with Crippen LogP contribution in [0.2, 0.25) is 0 Å². The third kappa shape index (κ3) is 5.36. The molecular formula is C15H28N2O2S2. The normalized spacial score (nSPS) is 12.5. The molecule has 0 fully saturated rings. The summed E-state index contributed by atoms with van der Waals surface area (Å²) in [6.45, 7) is 7.49. The van der Waals surface area contributed by atoms with E-state index in [9.17, 15) is 8.42 Å². The highest BCUT2D eigenvalue weighted by molar-refractivity contribution is 7.91. The molecule has 0 aliphatic carbocycles. The van der Waals surface area contributed by atoms with Crippen LogP contribution < -0.4 is 5.32 Å². The second-order valence-corrected chi connectivity index (χ2v) is 8.78. The summed E-state index contributed by atoms with van der Waals surface area (Å²) in [4.78, 5) is 1.11. The van der Waals surface area contributed by atoms with Crippen LogP contribution in [-0.4, -0.2) is 38.9 Å². The van der Waals surface area contributed by atoms with Gasteiger partial charge in [0.15, 0.2) is 0 Å². The minimum Gasteiger partial charge on any atom is -0.319 e. The van der Waals surface area contributed by atoms with Gasteiger partial charge in [-0.15, -0.1) is 11.3 Å². The standard InChI is InChI=1S/C15H28N2O2S2/c1-5-6-7-12-17(13(2)3)21(18,19)15-9-8-14(20-15)10-11-16-4/h8-9,13,16H,5-7,10-12H2,1-4H3. The average Bonchev–Trinajstić information content (AvgIpc) is 2.90. The predicted octanol–water partition coefficient (Wildman–Crippen LogP) is 3.10. The topological polar surface area (TPSA) is 49.4 Å². The molecule has 21 heavy (non-hydrogen) atoms. The van der Waals surface area contributed by atoms with Crippen LogP contribution in [0.1, 0.15) is 44.9 Å². The van der Waals surface area contributed by atoms with Crippen molar-refractivity contribution in [3.63, 3.8) is 0 Å². The minimum absolute atomic E-state index is 0.00489. The first-order chi connectivity index (χ1) is 9.93. The Morgan fingerprint density at radius 1 is 1.29 bits per heavy atom. The van der Waals surface area contributed by atoms with Crippen LogP contribution in [0, 0.1) is 0 Å². The molecule has 1 heterocycles. The zero-order valence-electron chi connectivity index (χ0n) is 13.6. The third-order valence-corrected chi connectivity index (χ3v) is 7.07. The van der Waals surface area contributed by atoms with Crippen molar-refractivity contribution >= 4 is 21.4 Å². The zero-order valence-corrected chi connectivity index (χ0v) is 15.2. The summed E-state index contributed by atoms with van der Waals surface area (Å²) >= 11 is 1.40. The van der Waals surface area contributed by atoms with Gasteiger partial charge in [-0.25, -0.2) is 8.42 Å². The minimum atomic E-state index is -3.35. The highest BCUT2D eigenvalue weighted by Gasteiger charge is 2.27. The number of unbranched alkanes of at least 4 members (excludes halogenated alkanes) is 2. The zero-order chi connectivity index (χ0) is 15.9. The molecule has 1 N–H and O–H groups in total. The molecule has 0 saturated heterocycles. The van der Waals surface area contributed by atoms with E-state index in [-0.39, 0.29) is 6.04 Å². The largest absolute Gasteiger partial charge is 0.319 e. The molecule has 1 aromatic heterocycles. The lowest BCUT2D eigenvalue weighted by Gasteiger charge is -2.25. The Bertz CT molecular complexity index is 509. The van der Waals surface area contributed by atoms with E-state index in [4.69, 9.17) is 0 Å². The first-order valence-corrected chi connectivity index (χ1v) is 9.94. The van der Waals surface area contributed by atoms with Crippen LogP contribution in [0.15, 0.2) is 16.3 Å². The van der Waals surface area contributed by atoms with E-state index in [1.807, 2.05) is 27.0 Å². The first-order valence-electron chi connectivity index (χ1n) is 7.68. The van der Waals surface area contributed by atoms with Gasteiger partial charge < -0.3 is 5.32 Å². The van der Waals surface area contributed by atoms with Crippen LogP contribution in [0.4, 0.5) is 0 Å². The number of thiophene rings is 1. The molecule has 122 valence electrons. The van der Waals surface area contributed by atoms with Crippen molar-refractivity contribution in [3.8, 4) is 0 Å². The number of sulfonamides is 1. The third-order valence-electron chi connectivity index (χ3n) is 3.38. The van der Waals surface area contributed by atoms with Crippen LogP contribution >= 0.6 is 11.3 Å². The fourth-order valence-corrected chi connectivity index (χ4v) is 5.33. The maximum absolute atomic E-state index is 12.8. The fourth-order valence-electron chi connectivity index (χ4n) is 2.17. The number of nitrogens with one attached hydrogen (secondary N) is 1. The van der Waals surface area contributed by atoms with Gasteiger partial charge in [0.05, 0.1) is 0 Å². The van der Waals surface area contributed by atoms with E-state index in [1.165, 1.54) is 11.3 Å². The molecule has 0 bridgehead atoms. The van der Waals surface area contributed by atoms with Crippen molar-refractivity contribution in [1.29, 1.82) is 0 Å². The second-order valence-electron chi connectivity index (χ2n) is 5.49. The highest BCUT2D eigenvalue weighted by atomic mass is 32.2. The molecule has 1 aromatic rings. The Morgan fingerprint density at radius 3 is 2.57 bits per heavy atom. The molecule has 6 heteroatoms. The molecule has 0 aromatic carbocycles. The van der Waals surface area contributed by atoms with Gasteiger partial charge in [0.1, 0.15) is 4.21 Å². The number of hydrogen-bond acceptors (Lipinski definition) is 4. The maximum Gasteiger partial charge on any atom is 0.252 e. The van der Waals surface area contributed by atoms with Gasteiger partial charge in [0.25, 0.3) is 10.0 Å². The summed E-state index contributed by atoms with van der Waals surface area (Å²) in [5.41, 5.74) is 0. The summed E-state index contributed by atoms with van der Waals surface area (Å²) in [6, 6.07) is 3.68. The van der Waals surface area contributed by atoms with Crippen LogP contribution in [0.25, 0.3) is 0 Å². The number of nitrogens with zero attached hydrogens (tertiary/aromatic N) is 1. The quantitative estimate of drug-likeness (QED) is 0.670. The molecule has 0 amide bonds. The van der Waals surface area contributed by atoms with Crippen molar-refractivity contribution in [2.75, 3.05) is 20.1 Å². The number of likely N-dealkylation sites (N-methyl/N-ethyl adjacent to an activating group) is 1. The summed E-state index contributed by atoms with van der Waals surface area (Å²) < 4.78 is 27.7. The van der Waals surface area contributed by atoms with E-state index in [1.54, 1.807) is 10.4 Å². The van der Waals surface area contributed by atoms with Crippen molar-refractivity contribution in [2.45, 2.75) is 56.7 Å². The van der Waals surface area contributed by atoms with Gasteiger partial charge in [0, 0.05) is 17.5 Å². The lowest BCUT2D eigenvalue weighted by molar-refractivity contribution is 0.346. The van der Waals surface area contributed by atoms with E-state index in [0.29, 0.717) is 10.8 Å². The lowest BCUT2D eigenvalue weighted by atomic mass is 10.2. The van der Waals surface area contributed by atoms with Gasteiger partial charge in [-0.3, -0.25) is 0 Å². The van der Waals surface area contributed by atoms with Gasteiger partial charge in [-0.2, -0.15) is 4.31 Å². The van der Waals surface area contributed by atoms with Crippen LogP contribution in [-0.2, 0) is 16.4 Å². The first kappa shape index (κ1) is 18.6. The molecule has 0 radical (unpaired) electrons. The molecule has 4 nitrogen and oxygen atoms in total. The van der Waals surface area contributed by atoms with Crippen molar-refractivity contribution in [1.82, 2.24) is 9.62 Å². The molecule has 0 saturated carbocycles. The molecular weight excluding hydrogens is 304 g/mol. The summed E-state index contributed by atoms with van der Waals surface area (Å²) in [6.07, 6.45) is 3.95. The highest BCUT2D eigenvalue weighted by Crippen LogP contribution is 2.26. The molecule has 0 spiro atoms. The van der Waals surface area contributed by atoms with Crippen molar-refractivity contribution in [2.24, 2.45) is 0 Å². The van der Waals surface area contributed by atoms with E-state index in [0.717, 1.165) is 37.1 Å².